The van der Waals surface area contributed by atoms with Crippen molar-refractivity contribution >= 4 is 11.8 Å². The van der Waals surface area contributed by atoms with Gasteiger partial charge in [-0.3, -0.25) is 4.79 Å². The first kappa shape index (κ1) is 37.3. The number of nitrogens with zero attached hydrogens (tertiary/aromatic N) is 1. The first-order chi connectivity index (χ1) is 23.5. The molecule has 2 aromatic rings. The molecule has 6 rings (SSSR count). The summed E-state index contributed by atoms with van der Waals surface area (Å²) >= 11 is 0. The first-order valence-electron chi connectivity index (χ1n) is 18.9. The van der Waals surface area contributed by atoms with Crippen LogP contribution in [0.4, 0.5) is 4.79 Å². The average molecular weight is 673 g/mol. The van der Waals surface area contributed by atoms with E-state index >= 15 is 0 Å². The van der Waals surface area contributed by atoms with Crippen LogP contribution in [-0.2, 0) is 11.2 Å². The Morgan fingerprint density at radius 2 is 1.80 bits per heavy atom. The largest absolute Gasteiger partial charge is 0.393 e. The van der Waals surface area contributed by atoms with E-state index in [2.05, 4.69) is 43.4 Å². The summed E-state index contributed by atoms with van der Waals surface area (Å²) in [5, 5.41) is 27.1. The summed E-state index contributed by atoms with van der Waals surface area (Å²) in [6, 6.07) is 15.9. The predicted molar refractivity (Wildman–Crippen MR) is 196 cm³/mol. The van der Waals surface area contributed by atoms with Gasteiger partial charge in [0.1, 0.15) is 0 Å². The number of rotatable bonds is 10. The number of allylic oxidation sites excluding steroid dienone is 2. The van der Waals surface area contributed by atoms with Gasteiger partial charge in [0.15, 0.2) is 5.78 Å². The predicted octanol–water partition coefficient (Wildman–Crippen LogP) is 8.30. The zero-order chi connectivity index (χ0) is 35.0. The third-order valence-corrected chi connectivity index (χ3v) is 12.1. The van der Waals surface area contributed by atoms with Gasteiger partial charge in [0.2, 0.25) is 0 Å². The van der Waals surface area contributed by atoms with Gasteiger partial charge in [0.25, 0.3) is 0 Å². The van der Waals surface area contributed by atoms with Crippen LogP contribution in [0.3, 0.4) is 0 Å². The van der Waals surface area contributed by atoms with Gasteiger partial charge in [-0.2, -0.15) is 0 Å². The quantitative estimate of drug-likeness (QED) is 0.134. The number of ketones is 1. The molecule has 268 valence electrons. The van der Waals surface area contributed by atoms with E-state index in [-0.39, 0.29) is 36.2 Å². The molecule has 7 nitrogen and oxygen atoms in total. The maximum Gasteiger partial charge on any atom is 0.317 e. The molecule has 7 heteroatoms. The van der Waals surface area contributed by atoms with Crippen LogP contribution in [0.1, 0.15) is 137 Å². The molecule has 2 saturated carbocycles. The van der Waals surface area contributed by atoms with Crippen molar-refractivity contribution in [1.29, 1.82) is 0 Å². The minimum atomic E-state index is -1.17. The minimum Gasteiger partial charge on any atom is -0.393 e. The highest BCUT2D eigenvalue weighted by Gasteiger charge is 2.57. The van der Waals surface area contributed by atoms with E-state index in [1.54, 1.807) is 12.0 Å². The van der Waals surface area contributed by atoms with Crippen LogP contribution < -0.4 is 5.32 Å². The van der Waals surface area contributed by atoms with Crippen molar-refractivity contribution in [3.63, 3.8) is 0 Å². The Hall–Kier alpha value is -3.00. The van der Waals surface area contributed by atoms with E-state index in [9.17, 15) is 19.8 Å². The molecule has 0 heterocycles. The van der Waals surface area contributed by atoms with Crippen LogP contribution >= 0.6 is 0 Å². The topological polar surface area (TPSA) is 99.1 Å². The van der Waals surface area contributed by atoms with Crippen LogP contribution in [0.5, 0.6) is 0 Å². The molecule has 0 saturated heterocycles. The molecular weight excluding hydrogens is 612 g/mol. The zero-order valence-corrected chi connectivity index (χ0v) is 30.4. The van der Waals surface area contributed by atoms with Crippen LogP contribution in [0, 0.1) is 11.3 Å². The van der Waals surface area contributed by atoms with Crippen LogP contribution in [0.25, 0.3) is 0 Å². The second-order valence-corrected chi connectivity index (χ2v) is 15.5. The second kappa shape index (κ2) is 16.8. The van der Waals surface area contributed by atoms with Crippen molar-refractivity contribution in [3.8, 4) is 0 Å². The van der Waals surface area contributed by atoms with Gasteiger partial charge in [0.05, 0.1) is 24.3 Å². The fourth-order valence-electron chi connectivity index (χ4n) is 8.87. The van der Waals surface area contributed by atoms with Gasteiger partial charge >= 0.3 is 6.03 Å². The van der Waals surface area contributed by atoms with Crippen molar-refractivity contribution in [2.24, 2.45) is 11.3 Å². The number of fused-ring (bicyclic) bond motifs is 8. The molecule has 4 aliphatic rings. The molecule has 5 atom stereocenters. The molecule has 4 aliphatic carbocycles. The number of Topliss-reactive ketones (excluding diaryl/α,β-unsaturated/α-hetero) is 1. The fraction of sp³-hybridized carbons (Fsp3) is 0.619. The molecule has 2 aromatic carbocycles. The highest BCUT2D eigenvalue weighted by atomic mass is 16.5. The second-order valence-electron chi connectivity index (χ2n) is 15.5. The molecule has 0 spiro atoms. The Morgan fingerprint density at radius 3 is 2.53 bits per heavy atom. The lowest BCUT2D eigenvalue weighted by Crippen LogP contribution is -2.55. The number of aliphatic hydroxyl groups is 2. The number of carbonyl (C=O) groups excluding carboxylic acids is 2. The molecule has 2 bridgehead atoms. The van der Waals surface area contributed by atoms with E-state index in [4.69, 9.17) is 4.74 Å². The number of hydrogen-bond donors (Lipinski definition) is 3. The number of urea groups is 1. The number of aliphatic hydroxyl groups excluding tert-OH is 1. The number of nitrogens with one attached hydrogen (secondary N) is 1. The van der Waals surface area contributed by atoms with E-state index < -0.39 is 17.1 Å². The monoisotopic (exact) mass is 672 g/mol. The first-order valence-corrected chi connectivity index (χ1v) is 18.9. The lowest BCUT2D eigenvalue weighted by atomic mass is 9.64. The number of ether oxygens (including phenoxy) is 1. The van der Waals surface area contributed by atoms with Gasteiger partial charge in [-0.25, -0.2) is 4.79 Å². The molecule has 2 fully saturated rings. The Labute approximate surface area is 294 Å². The van der Waals surface area contributed by atoms with Crippen LogP contribution in [-0.4, -0.2) is 65.4 Å². The maximum atomic E-state index is 14.4. The summed E-state index contributed by atoms with van der Waals surface area (Å²) in [6.45, 7) is 7.51. The van der Waals surface area contributed by atoms with Gasteiger partial charge < -0.3 is 25.2 Å². The van der Waals surface area contributed by atoms with Crippen molar-refractivity contribution in [2.75, 3.05) is 26.8 Å². The molecular formula is C42H60N2O5. The summed E-state index contributed by atoms with van der Waals surface area (Å²) in [7, 11) is 1.67. The summed E-state index contributed by atoms with van der Waals surface area (Å²) in [6.07, 6.45) is 12.4. The molecule has 5 unspecified atom stereocenters. The average Bonchev–Trinajstić information content (AvgIpc) is 3.36. The summed E-state index contributed by atoms with van der Waals surface area (Å²) in [4.78, 5) is 30.1. The smallest absolute Gasteiger partial charge is 0.317 e. The third kappa shape index (κ3) is 8.84. The summed E-state index contributed by atoms with van der Waals surface area (Å²) in [5.41, 5.74) is 3.31. The highest BCUT2D eigenvalue weighted by molar-refractivity contribution is 5.99. The third-order valence-electron chi connectivity index (χ3n) is 12.1. The van der Waals surface area contributed by atoms with E-state index in [1.165, 1.54) is 12.0 Å². The van der Waals surface area contributed by atoms with Gasteiger partial charge in [-0.1, -0.05) is 80.3 Å². The lowest BCUT2D eigenvalue weighted by Gasteiger charge is -2.46. The van der Waals surface area contributed by atoms with Crippen molar-refractivity contribution in [1.82, 2.24) is 10.2 Å². The Morgan fingerprint density at radius 1 is 1.04 bits per heavy atom. The normalized spacial score (nSPS) is 27.1. The van der Waals surface area contributed by atoms with E-state index in [0.717, 1.165) is 73.6 Å². The lowest BCUT2D eigenvalue weighted by molar-refractivity contribution is -0.0775. The van der Waals surface area contributed by atoms with Crippen LogP contribution in [0.15, 0.2) is 60.2 Å². The number of carbonyl (C=O) groups is 2. The summed E-state index contributed by atoms with van der Waals surface area (Å²) < 4.78 is 5.36. The molecule has 0 aromatic heterocycles. The number of methoxy groups -OCH3 is 1. The number of hydrogen-bond acceptors (Lipinski definition) is 5. The van der Waals surface area contributed by atoms with Gasteiger partial charge in [-0.05, 0) is 107 Å². The molecule has 49 heavy (non-hydrogen) atoms. The number of benzene rings is 2. The van der Waals surface area contributed by atoms with Crippen molar-refractivity contribution in [3.05, 3.63) is 82.4 Å². The Balaban J connectivity index is 1.51. The SMILES string of the molecule is COCCCN(CC1(O)CCC2c3ccc(cc3C(=O)C3CCCCC3)CC(O)CCC(C)=CCCC21C)C(=O)NC(C)c1ccccc1. The summed E-state index contributed by atoms with van der Waals surface area (Å²) in [5.74, 6) is 0.195. The highest BCUT2D eigenvalue weighted by Crippen LogP contribution is 2.59. The zero-order valence-electron chi connectivity index (χ0n) is 30.4. The molecule has 0 aliphatic heterocycles. The Bertz CT molecular complexity index is 1440. The van der Waals surface area contributed by atoms with Gasteiger partial charge in [-0.15, -0.1) is 0 Å². The Kier molecular flexibility index (Phi) is 12.8. The molecule has 0 radical (unpaired) electrons. The van der Waals surface area contributed by atoms with Crippen molar-refractivity contribution < 1.29 is 24.5 Å². The van der Waals surface area contributed by atoms with Crippen molar-refractivity contribution in [2.45, 2.75) is 128 Å². The maximum absolute atomic E-state index is 14.4. The fourth-order valence-corrected chi connectivity index (χ4v) is 8.87. The van der Waals surface area contributed by atoms with Gasteiger partial charge in [0, 0.05) is 37.2 Å². The van der Waals surface area contributed by atoms with E-state index in [1.807, 2.05) is 37.3 Å². The number of amides is 2. The van der Waals surface area contributed by atoms with E-state index in [0.29, 0.717) is 38.8 Å². The molecule has 3 N–H and O–H groups in total. The standard InChI is InChI=1S/C42H60N2O5/c1-30-13-11-23-41(3)38(36-21-19-32(27-35(45)20-18-30)28-37(36)39(46)34-16-9-6-10-17-34)22-24-42(41,48)29-44(25-12-26-49-4)40(47)43-31(2)33-14-7-5-8-15-33/h5,7-8,13-15,19,21,28,31,34-35,38,45,48H,6,9-12,16-18,20,22-27,29H2,1-4H3,(H,43,47). The van der Waals surface area contributed by atoms with Crippen LogP contribution in [0.2, 0.25) is 0 Å². The molecule has 2 amide bonds. The minimum absolute atomic E-state index is 0.0234.